The van der Waals surface area contributed by atoms with Crippen LogP contribution in [0.1, 0.15) is 24.8 Å². The molecule has 1 aliphatic heterocycles. The second-order valence-electron chi connectivity index (χ2n) is 8.01. The Bertz CT molecular complexity index is 1140. The molecule has 2 aromatic heterocycles. The van der Waals surface area contributed by atoms with E-state index < -0.39 is 6.09 Å². The zero-order valence-electron chi connectivity index (χ0n) is 17.1. The van der Waals surface area contributed by atoms with E-state index in [1.54, 1.807) is 6.20 Å². The van der Waals surface area contributed by atoms with Crippen LogP contribution >= 0.6 is 0 Å². The van der Waals surface area contributed by atoms with Crippen LogP contribution in [0.5, 0.6) is 5.88 Å². The lowest BCUT2D eigenvalue weighted by Gasteiger charge is -2.36. The number of benzene rings is 1. The van der Waals surface area contributed by atoms with Crippen LogP contribution in [0.2, 0.25) is 0 Å². The molecule has 31 heavy (non-hydrogen) atoms. The Morgan fingerprint density at radius 1 is 1.13 bits per heavy atom. The zero-order chi connectivity index (χ0) is 21.2. The Morgan fingerprint density at radius 2 is 2.00 bits per heavy atom. The molecule has 0 bridgehead atoms. The van der Waals surface area contributed by atoms with Gasteiger partial charge >= 0.3 is 6.09 Å². The minimum atomic E-state index is -0.883. The maximum absolute atomic E-state index is 11.1. The van der Waals surface area contributed by atoms with E-state index in [1.165, 1.54) is 4.90 Å². The summed E-state index contributed by atoms with van der Waals surface area (Å²) < 4.78 is 6.20. The van der Waals surface area contributed by atoms with E-state index in [0.717, 1.165) is 40.7 Å². The van der Waals surface area contributed by atoms with Crippen molar-refractivity contribution in [3.63, 3.8) is 0 Å². The molecule has 0 unspecified atom stereocenters. The van der Waals surface area contributed by atoms with Gasteiger partial charge in [0.1, 0.15) is 11.9 Å². The number of pyridine rings is 2. The van der Waals surface area contributed by atoms with Gasteiger partial charge in [-0.15, -0.1) is 0 Å². The van der Waals surface area contributed by atoms with E-state index in [9.17, 15) is 4.79 Å². The van der Waals surface area contributed by atoms with Gasteiger partial charge in [0.05, 0.1) is 5.52 Å². The molecule has 0 atom stereocenters. The SMILES string of the molecule is O=C(O)N1CC=C(c2cccnc2OC2CC(Nc3ccc4ccccc4n3)C2)CC1. The number of fused-ring (bicyclic) bond motifs is 1. The first-order chi connectivity index (χ1) is 15.2. The quantitative estimate of drug-likeness (QED) is 0.640. The van der Waals surface area contributed by atoms with Crippen LogP contribution in [0, 0.1) is 0 Å². The van der Waals surface area contributed by atoms with Gasteiger partial charge in [0.15, 0.2) is 0 Å². The molecular formula is C24H24N4O3. The molecule has 2 aliphatic rings. The summed E-state index contributed by atoms with van der Waals surface area (Å²) in [4.78, 5) is 21.7. The van der Waals surface area contributed by atoms with Crippen molar-refractivity contribution in [2.75, 3.05) is 18.4 Å². The third-order valence-electron chi connectivity index (χ3n) is 5.92. The van der Waals surface area contributed by atoms with Crippen molar-refractivity contribution >= 4 is 28.4 Å². The molecule has 1 fully saturated rings. The Kier molecular flexibility index (Phi) is 5.16. The number of ether oxygens (including phenoxy) is 1. The molecule has 5 rings (SSSR count). The van der Waals surface area contributed by atoms with Crippen molar-refractivity contribution in [2.24, 2.45) is 0 Å². The molecule has 0 spiro atoms. The Hall–Kier alpha value is -3.61. The number of nitrogens with zero attached hydrogens (tertiary/aromatic N) is 3. The second-order valence-corrected chi connectivity index (χ2v) is 8.01. The number of nitrogens with one attached hydrogen (secondary N) is 1. The van der Waals surface area contributed by atoms with Crippen molar-refractivity contribution in [1.29, 1.82) is 0 Å². The molecule has 0 saturated heterocycles. The van der Waals surface area contributed by atoms with E-state index >= 15 is 0 Å². The first kappa shape index (κ1) is 19.4. The van der Waals surface area contributed by atoms with Crippen molar-refractivity contribution in [3.05, 3.63) is 66.4 Å². The molecular weight excluding hydrogens is 392 g/mol. The third kappa shape index (κ3) is 4.17. The van der Waals surface area contributed by atoms with E-state index in [2.05, 4.69) is 27.4 Å². The summed E-state index contributed by atoms with van der Waals surface area (Å²) in [5.74, 6) is 1.51. The minimum Gasteiger partial charge on any atom is -0.474 e. The lowest BCUT2D eigenvalue weighted by molar-refractivity contribution is 0.102. The molecule has 3 aromatic rings. The number of para-hydroxylation sites is 1. The Morgan fingerprint density at radius 3 is 2.81 bits per heavy atom. The number of carbonyl (C=O) groups is 1. The average Bonchev–Trinajstić information content (AvgIpc) is 2.78. The fraction of sp³-hybridized carbons (Fsp3) is 0.292. The normalized spacial score (nSPS) is 20.6. The Labute approximate surface area is 180 Å². The van der Waals surface area contributed by atoms with Crippen LogP contribution < -0.4 is 10.1 Å². The number of rotatable bonds is 5. The number of aromatic nitrogens is 2. The zero-order valence-corrected chi connectivity index (χ0v) is 17.1. The van der Waals surface area contributed by atoms with Crippen molar-refractivity contribution in [2.45, 2.75) is 31.4 Å². The number of hydrogen-bond acceptors (Lipinski definition) is 5. The summed E-state index contributed by atoms with van der Waals surface area (Å²) in [6.07, 6.45) is 5.35. The van der Waals surface area contributed by atoms with E-state index in [4.69, 9.17) is 9.84 Å². The largest absolute Gasteiger partial charge is 0.474 e. The van der Waals surface area contributed by atoms with Gasteiger partial charge in [-0.05, 0) is 42.3 Å². The van der Waals surface area contributed by atoms with Gasteiger partial charge < -0.3 is 20.1 Å². The molecule has 1 aliphatic carbocycles. The Balaban J connectivity index is 1.20. The molecule has 0 radical (unpaired) electrons. The molecule has 1 amide bonds. The van der Waals surface area contributed by atoms with Crippen molar-refractivity contribution < 1.29 is 14.6 Å². The van der Waals surface area contributed by atoms with E-state index in [-0.39, 0.29) is 6.10 Å². The lowest BCUT2D eigenvalue weighted by atomic mass is 9.89. The van der Waals surface area contributed by atoms with Gasteiger partial charge in [-0.3, -0.25) is 0 Å². The van der Waals surface area contributed by atoms with Gasteiger partial charge in [-0.25, -0.2) is 14.8 Å². The highest BCUT2D eigenvalue weighted by atomic mass is 16.5. The summed E-state index contributed by atoms with van der Waals surface area (Å²) in [6.45, 7) is 0.886. The molecule has 2 N–H and O–H groups in total. The monoisotopic (exact) mass is 416 g/mol. The smallest absolute Gasteiger partial charge is 0.407 e. The minimum absolute atomic E-state index is 0.103. The molecule has 158 valence electrons. The number of carboxylic acid groups (broad SMARTS) is 1. The molecule has 1 aromatic carbocycles. The predicted octanol–water partition coefficient (Wildman–Crippen LogP) is 4.42. The average molecular weight is 416 g/mol. The number of anilines is 1. The van der Waals surface area contributed by atoms with E-state index in [1.807, 2.05) is 42.5 Å². The van der Waals surface area contributed by atoms with Gasteiger partial charge in [-0.1, -0.05) is 24.3 Å². The summed E-state index contributed by atoms with van der Waals surface area (Å²) in [6, 6.07) is 16.4. The topological polar surface area (TPSA) is 87.6 Å². The molecule has 3 heterocycles. The fourth-order valence-electron chi connectivity index (χ4n) is 4.11. The van der Waals surface area contributed by atoms with Crippen LogP contribution in [-0.4, -0.2) is 51.3 Å². The maximum atomic E-state index is 11.1. The standard InChI is InChI=1S/C24H24N4O3/c29-24(30)28-12-9-16(10-13-28)20-5-3-11-25-23(20)31-19-14-18(15-19)26-22-8-7-17-4-1-2-6-21(17)27-22/h1-9,11,18-19H,10,12-15H2,(H,26,27)(H,29,30). The predicted molar refractivity (Wildman–Crippen MR) is 119 cm³/mol. The fourth-order valence-corrected chi connectivity index (χ4v) is 4.11. The first-order valence-corrected chi connectivity index (χ1v) is 10.6. The summed E-state index contributed by atoms with van der Waals surface area (Å²) in [5, 5.41) is 13.8. The van der Waals surface area contributed by atoms with Crippen LogP contribution in [0.4, 0.5) is 10.6 Å². The van der Waals surface area contributed by atoms with Gasteiger partial charge in [-0.2, -0.15) is 0 Å². The third-order valence-corrected chi connectivity index (χ3v) is 5.92. The second kappa shape index (κ2) is 8.26. The summed E-state index contributed by atoms with van der Waals surface area (Å²) >= 11 is 0. The van der Waals surface area contributed by atoms with Crippen molar-refractivity contribution in [1.82, 2.24) is 14.9 Å². The highest BCUT2D eigenvalue weighted by Crippen LogP contribution is 2.33. The number of hydrogen-bond donors (Lipinski definition) is 2. The van der Waals surface area contributed by atoms with Gasteiger partial charge in [0, 0.05) is 49.1 Å². The molecule has 7 nitrogen and oxygen atoms in total. The highest BCUT2D eigenvalue weighted by Gasteiger charge is 2.32. The van der Waals surface area contributed by atoms with Crippen LogP contribution in [0.25, 0.3) is 16.5 Å². The van der Waals surface area contributed by atoms with Crippen molar-refractivity contribution in [3.8, 4) is 5.88 Å². The highest BCUT2D eigenvalue weighted by molar-refractivity contribution is 5.80. The molecule has 1 saturated carbocycles. The lowest BCUT2D eigenvalue weighted by Crippen LogP contribution is -2.43. The maximum Gasteiger partial charge on any atom is 0.407 e. The van der Waals surface area contributed by atoms with Gasteiger partial charge in [0.2, 0.25) is 5.88 Å². The van der Waals surface area contributed by atoms with E-state index in [0.29, 0.717) is 31.4 Å². The van der Waals surface area contributed by atoms with Crippen LogP contribution in [-0.2, 0) is 0 Å². The summed E-state index contributed by atoms with van der Waals surface area (Å²) in [7, 11) is 0. The van der Waals surface area contributed by atoms with Crippen LogP contribution in [0.3, 0.4) is 0 Å². The van der Waals surface area contributed by atoms with Gasteiger partial charge in [0.25, 0.3) is 0 Å². The summed E-state index contributed by atoms with van der Waals surface area (Å²) in [5.41, 5.74) is 3.04. The number of amides is 1. The van der Waals surface area contributed by atoms with Crippen LogP contribution in [0.15, 0.2) is 60.8 Å². The first-order valence-electron chi connectivity index (χ1n) is 10.6. The molecule has 7 heteroatoms.